The molecule has 0 aromatic carbocycles. The first-order valence-electron chi connectivity index (χ1n) is 4.54. The van der Waals surface area contributed by atoms with Crippen LogP contribution in [-0.4, -0.2) is 15.6 Å². The lowest BCUT2D eigenvalue weighted by atomic mass is 10.1. The van der Waals surface area contributed by atoms with Gasteiger partial charge in [-0.1, -0.05) is 0 Å². The number of nitrogens with zero attached hydrogens (tertiary/aromatic N) is 1. The van der Waals surface area contributed by atoms with Gasteiger partial charge in [-0.25, -0.2) is 4.79 Å². The molecule has 0 aliphatic carbocycles. The number of rotatable bonds is 2. The van der Waals surface area contributed by atoms with Gasteiger partial charge in [0.15, 0.2) is 0 Å². The zero-order valence-electron chi connectivity index (χ0n) is 8.80. The molecule has 0 saturated carbocycles. The first-order chi connectivity index (χ1) is 6.91. The molecule has 0 fully saturated rings. The third-order valence-electron chi connectivity index (χ3n) is 2.42. The van der Waals surface area contributed by atoms with Crippen LogP contribution in [0.3, 0.4) is 0 Å². The van der Waals surface area contributed by atoms with Crippen molar-refractivity contribution in [2.24, 2.45) is 0 Å². The second kappa shape index (κ2) is 4.18. The number of carboxylic acids is 1. The summed E-state index contributed by atoms with van der Waals surface area (Å²) in [5.74, 6) is -1.18. The normalized spacial score (nSPS) is 10.4. The number of carbonyl (C=O) groups is 1. The lowest BCUT2D eigenvalue weighted by molar-refractivity contribution is 0.0693. The number of hydrogen-bond donors (Lipinski definition) is 1. The second-order valence-electron chi connectivity index (χ2n) is 3.25. The SMILES string of the molecule is CCn1c(C)c(Br)c(C)c(C(=O)O)c1=O. The summed E-state index contributed by atoms with van der Waals surface area (Å²) in [7, 11) is 0. The molecule has 1 N–H and O–H groups in total. The Labute approximate surface area is 95.7 Å². The minimum atomic E-state index is -1.18. The topological polar surface area (TPSA) is 59.3 Å². The number of hydrogen-bond acceptors (Lipinski definition) is 2. The zero-order valence-corrected chi connectivity index (χ0v) is 10.4. The van der Waals surface area contributed by atoms with E-state index in [4.69, 9.17) is 5.11 Å². The molecule has 0 aliphatic rings. The van der Waals surface area contributed by atoms with Crippen LogP contribution in [0.4, 0.5) is 0 Å². The van der Waals surface area contributed by atoms with Gasteiger partial charge in [0.1, 0.15) is 5.56 Å². The van der Waals surface area contributed by atoms with Crippen LogP contribution in [0, 0.1) is 13.8 Å². The Bertz CT molecular complexity index is 477. The second-order valence-corrected chi connectivity index (χ2v) is 4.05. The van der Waals surface area contributed by atoms with E-state index in [2.05, 4.69) is 15.9 Å². The maximum Gasteiger partial charge on any atom is 0.341 e. The fraction of sp³-hybridized carbons (Fsp3) is 0.400. The minimum absolute atomic E-state index is 0.158. The molecular formula is C10H12BrNO3. The van der Waals surface area contributed by atoms with E-state index >= 15 is 0 Å². The van der Waals surface area contributed by atoms with E-state index in [1.807, 2.05) is 6.92 Å². The van der Waals surface area contributed by atoms with Gasteiger partial charge in [-0.3, -0.25) is 4.79 Å². The van der Waals surface area contributed by atoms with Gasteiger partial charge in [0, 0.05) is 16.7 Å². The Hall–Kier alpha value is -1.10. The Balaban J connectivity index is 3.77. The van der Waals surface area contributed by atoms with Gasteiger partial charge < -0.3 is 9.67 Å². The number of halogens is 1. The standard InChI is InChI=1S/C10H12BrNO3/c1-4-12-6(3)8(11)5(2)7(9(12)13)10(14)15/h4H2,1-3H3,(H,14,15). The van der Waals surface area contributed by atoms with Crippen LogP contribution < -0.4 is 5.56 Å². The van der Waals surface area contributed by atoms with Crippen LogP contribution in [0.5, 0.6) is 0 Å². The lowest BCUT2D eigenvalue weighted by Gasteiger charge is -2.13. The van der Waals surface area contributed by atoms with Crippen molar-refractivity contribution < 1.29 is 9.90 Å². The molecule has 1 rings (SSSR count). The Kier molecular flexibility index (Phi) is 3.34. The summed E-state index contributed by atoms with van der Waals surface area (Å²) < 4.78 is 2.13. The van der Waals surface area contributed by atoms with Crippen molar-refractivity contribution in [1.29, 1.82) is 0 Å². The lowest BCUT2D eigenvalue weighted by Crippen LogP contribution is -2.29. The van der Waals surface area contributed by atoms with Crippen molar-refractivity contribution >= 4 is 21.9 Å². The number of aromatic nitrogens is 1. The predicted octanol–water partition coefficient (Wildman–Crippen LogP) is 1.95. The van der Waals surface area contributed by atoms with E-state index in [0.29, 0.717) is 16.6 Å². The average Bonchev–Trinajstić information content (AvgIpc) is 2.15. The monoisotopic (exact) mass is 273 g/mol. The van der Waals surface area contributed by atoms with Gasteiger partial charge in [-0.15, -0.1) is 0 Å². The molecule has 1 aromatic heterocycles. The van der Waals surface area contributed by atoms with E-state index in [9.17, 15) is 9.59 Å². The Morgan fingerprint density at radius 3 is 2.40 bits per heavy atom. The van der Waals surface area contributed by atoms with Crippen LogP contribution in [0.1, 0.15) is 28.5 Å². The maximum atomic E-state index is 11.8. The molecule has 5 heteroatoms. The van der Waals surface area contributed by atoms with E-state index in [1.54, 1.807) is 13.8 Å². The molecule has 0 spiro atoms. The van der Waals surface area contributed by atoms with Gasteiger partial charge in [0.25, 0.3) is 5.56 Å². The van der Waals surface area contributed by atoms with E-state index in [-0.39, 0.29) is 5.56 Å². The van der Waals surface area contributed by atoms with Gasteiger partial charge in [0.2, 0.25) is 0 Å². The summed E-state index contributed by atoms with van der Waals surface area (Å²) in [6.45, 7) is 5.68. The Morgan fingerprint density at radius 2 is 2.00 bits per heavy atom. The van der Waals surface area contributed by atoms with Crippen LogP contribution in [0.25, 0.3) is 0 Å². The highest BCUT2D eigenvalue weighted by Gasteiger charge is 2.19. The highest BCUT2D eigenvalue weighted by Crippen LogP contribution is 2.21. The summed E-state index contributed by atoms with van der Waals surface area (Å²) in [4.78, 5) is 22.7. The molecule has 0 amide bonds. The molecule has 0 radical (unpaired) electrons. The molecule has 4 nitrogen and oxygen atoms in total. The van der Waals surface area contributed by atoms with E-state index in [0.717, 1.165) is 5.69 Å². The van der Waals surface area contributed by atoms with Crippen LogP contribution >= 0.6 is 15.9 Å². The van der Waals surface area contributed by atoms with Crippen molar-refractivity contribution in [1.82, 2.24) is 4.57 Å². The van der Waals surface area contributed by atoms with Crippen molar-refractivity contribution in [2.75, 3.05) is 0 Å². The molecule has 1 heterocycles. The van der Waals surface area contributed by atoms with Gasteiger partial charge in [-0.05, 0) is 42.3 Å². The van der Waals surface area contributed by atoms with E-state index < -0.39 is 11.5 Å². The Morgan fingerprint density at radius 1 is 1.47 bits per heavy atom. The van der Waals surface area contributed by atoms with Crippen molar-refractivity contribution in [3.05, 3.63) is 31.6 Å². The molecule has 0 saturated heterocycles. The summed E-state index contributed by atoms with van der Waals surface area (Å²) in [6, 6.07) is 0. The highest BCUT2D eigenvalue weighted by atomic mass is 79.9. The molecule has 0 unspecified atom stereocenters. The fourth-order valence-electron chi connectivity index (χ4n) is 1.58. The third-order valence-corrected chi connectivity index (χ3v) is 3.58. The molecule has 0 bridgehead atoms. The largest absolute Gasteiger partial charge is 0.477 e. The minimum Gasteiger partial charge on any atom is -0.477 e. The van der Waals surface area contributed by atoms with Crippen LogP contribution in [-0.2, 0) is 6.54 Å². The van der Waals surface area contributed by atoms with Crippen molar-refractivity contribution in [3.8, 4) is 0 Å². The number of carboxylic acid groups (broad SMARTS) is 1. The molecule has 0 atom stereocenters. The molecule has 1 aromatic rings. The summed E-state index contributed by atoms with van der Waals surface area (Å²) in [6.07, 6.45) is 0. The molecule has 15 heavy (non-hydrogen) atoms. The van der Waals surface area contributed by atoms with Crippen LogP contribution in [0.2, 0.25) is 0 Å². The first kappa shape index (κ1) is 12.0. The average molecular weight is 274 g/mol. The smallest absolute Gasteiger partial charge is 0.341 e. The fourth-order valence-corrected chi connectivity index (χ4v) is 1.99. The molecular weight excluding hydrogens is 262 g/mol. The van der Waals surface area contributed by atoms with Crippen LogP contribution in [0.15, 0.2) is 9.27 Å². The van der Waals surface area contributed by atoms with Gasteiger partial charge in [-0.2, -0.15) is 0 Å². The predicted molar refractivity (Wildman–Crippen MR) is 60.5 cm³/mol. The maximum absolute atomic E-state index is 11.8. The van der Waals surface area contributed by atoms with Gasteiger partial charge in [0.05, 0.1) is 0 Å². The van der Waals surface area contributed by atoms with Crippen molar-refractivity contribution in [3.63, 3.8) is 0 Å². The summed E-state index contributed by atoms with van der Waals surface area (Å²) in [5, 5.41) is 8.95. The quantitative estimate of drug-likeness (QED) is 0.896. The summed E-state index contributed by atoms with van der Waals surface area (Å²) in [5.41, 5.74) is 0.636. The highest BCUT2D eigenvalue weighted by molar-refractivity contribution is 9.10. The first-order valence-corrected chi connectivity index (χ1v) is 5.33. The van der Waals surface area contributed by atoms with Crippen molar-refractivity contribution in [2.45, 2.75) is 27.3 Å². The molecule has 82 valence electrons. The number of aromatic carboxylic acids is 1. The van der Waals surface area contributed by atoms with E-state index in [1.165, 1.54) is 4.57 Å². The van der Waals surface area contributed by atoms with Gasteiger partial charge >= 0.3 is 5.97 Å². The summed E-state index contributed by atoms with van der Waals surface area (Å²) >= 11 is 3.30. The molecule has 0 aliphatic heterocycles. The third kappa shape index (κ3) is 1.84. The zero-order chi connectivity index (χ0) is 11.7. The number of pyridine rings is 1.